The predicted molar refractivity (Wildman–Crippen MR) is 107 cm³/mol. The Morgan fingerprint density at radius 3 is 2.44 bits per heavy atom. The molecule has 0 atom stereocenters. The molecule has 1 aliphatic rings. The maximum atomic E-state index is 12.8. The van der Waals surface area contributed by atoms with E-state index in [0.717, 1.165) is 36.3 Å². The smallest absolute Gasteiger partial charge is 0.255 e. The summed E-state index contributed by atoms with van der Waals surface area (Å²) in [5, 5.41) is 0. The molecule has 2 heterocycles. The quantitative estimate of drug-likeness (QED) is 0.902. The largest absolute Gasteiger partial charge is 0.362 e. The number of carbonyl (C=O) groups excluding carboxylic acids is 2. The van der Waals surface area contributed by atoms with Crippen LogP contribution in [0.3, 0.4) is 0 Å². The van der Waals surface area contributed by atoms with Crippen LogP contribution in [0.25, 0.3) is 0 Å². The van der Waals surface area contributed by atoms with Crippen LogP contribution in [0.4, 0.5) is 0 Å². The molecular formula is C22H29N3O2. The van der Waals surface area contributed by atoms with Gasteiger partial charge in [-0.2, -0.15) is 0 Å². The van der Waals surface area contributed by atoms with E-state index in [9.17, 15) is 9.59 Å². The Morgan fingerprint density at radius 1 is 1.00 bits per heavy atom. The zero-order valence-electron chi connectivity index (χ0n) is 16.5. The van der Waals surface area contributed by atoms with Crippen LogP contribution in [0.1, 0.15) is 45.7 Å². The van der Waals surface area contributed by atoms with Crippen molar-refractivity contribution in [2.75, 3.05) is 26.2 Å². The minimum Gasteiger partial charge on any atom is -0.362 e. The van der Waals surface area contributed by atoms with Gasteiger partial charge < -0.3 is 14.8 Å². The number of benzene rings is 1. The fraction of sp³-hybridized carbons (Fsp3) is 0.455. The van der Waals surface area contributed by atoms with Gasteiger partial charge in [0.15, 0.2) is 0 Å². The highest BCUT2D eigenvalue weighted by Gasteiger charge is 2.24. The second kappa shape index (κ2) is 8.42. The summed E-state index contributed by atoms with van der Waals surface area (Å²) in [7, 11) is 0. The molecule has 1 N–H and O–H groups in total. The van der Waals surface area contributed by atoms with Crippen molar-refractivity contribution >= 4 is 11.8 Å². The Bertz CT molecular complexity index is 825. The van der Waals surface area contributed by atoms with E-state index >= 15 is 0 Å². The average molecular weight is 367 g/mol. The van der Waals surface area contributed by atoms with Crippen LogP contribution >= 0.6 is 0 Å². The van der Waals surface area contributed by atoms with Crippen molar-refractivity contribution in [2.24, 2.45) is 0 Å². The van der Waals surface area contributed by atoms with Gasteiger partial charge in [-0.05, 0) is 45.2 Å². The third-order valence-electron chi connectivity index (χ3n) is 5.23. The first kappa shape index (κ1) is 19.2. The zero-order valence-corrected chi connectivity index (χ0v) is 16.5. The van der Waals surface area contributed by atoms with E-state index in [4.69, 9.17) is 0 Å². The summed E-state index contributed by atoms with van der Waals surface area (Å²) < 4.78 is 0. The van der Waals surface area contributed by atoms with E-state index in [-0.39, 0.29) is 11.8 Å². The number of aromatic nitrogens is 1. The van der Waals surface area contributed by atoms with Crippen molar-refractivity contribution in [2.45, 2.75) is 40.0 Å². The molecule has 0 bridgehead atoms. The SMILES string of the molecule is Cc1cccc(CCC(=O)N2CCCN(C(=O)c3cc(C)[nH]c3C)CC2)c1. The molecule has 3 rings (SSSR count). The predicted octanol–water partition coefficient (Wildman–Crippen LogP) is 3.25. The molecule has 1 fully saturated rings. The van der Waals surface area contributed by atoms with Crippen LogP contribution in [0.2, 0.25) is 0 Å². The first-order valence-electron chi connectivity index (χ1n) is 9.73. The lowest BCUT2D eigenvalue weighted by molar-refractivity contribution is -0.131. The fourth-order valence-electron chi connectivity index (χ4n) is 3.76. The molecule has 1 saturated heterocycles. The van der Waals surface area contributed by atoms with E-state index in [1.165, 1.54) is 11.1 Å². The number of nitrogens with zero attached hydrogens (tertiary/aromatic N) is 2. The molecule has 1 aromatic carbocycles. The lowest BCUT2D eigenvalue weighted by Crippen LogP contribution is -2.37. The first-order valence-corrected chi connectivity index (χ1v) is 9.73. The second-order valence-electron chi connectivity index (χ2n) is 7.51. The van der Waals surface area contributed by atoms with Crippen LogP contribution in [-0.2, 0) is 11.2 Å². The Morgan fingerprint density at radius 2 is 1.74 bits per heavy atom. The minimum atomic E-state index is 0.0610. The topological polar surface area (TPSA) is 56.4 Å². The minimum absolute atomic E-state index is 0.0610. The number of nitrogens with one attached hydrogen (secondary N) is 1. The monoisotopic (exact) mass is 367 g/mol. The van der Waals surface area contributed by atoms with Gasteiger partial charge in [0.1, 0.15) is 0 Å². The fourth-order valence-corrected chi connectivity index (χ4v) is 3.76. The van der Waals surface area contributed by atoms with Gasteiger partial charge in [-0.3, -0.25) is 9.59 Å². The normalized spacial score (nSPS) is 14.9. The molecule has 5 heteroatoms. The summed E-state index contributed by atoms with van der Waals surface area (Å²) in [6, 6.07) is 10.2. The number of hydrogen-bond acceptors (Lipinski definition) is 2. The summed E-state index contributed by atoms with van der Waals surface area (Å²) >= 11 is 0. The molecule has 0 radical (unpaired) electrons. The second-order valence-corrected chi connectivity index (χ2v) is 7.51. The number of rotatable bonds is 4. The maximum absolute atomic E-state index is 12.8. The van der Waals surface area contributed by atoms with E-state index < -0.39 is 0 Å². The highest BCUT2D eigenvalue weighted by molar-refractivity contribution is 5.95. The van der Waals surface area contributed by atoms with Gasteiger partial charge >= 0.3 is 0 Å². The molecule has 0 unspecified atom stereocenters. The van der Waals surface area contributed by atoms with Crippen molar-refractivity contribution in [1.29, 1.82) is 0 Å². The summed E-state index contributed by atoms with van der Waals surface area (Å²) in [4.78, 5) is 32.4. The van der Waals surface area contributed by atoms with E-state index in [2.05, 4.69) is 30.1 Å². The number of aromatic amines is 1. The number of H-pyrrole nitrogens is 1. The van der Waals surface area contributed by atoms with Gasteiger partial charge in [-0.15, -0.1) is 0 Å². The van der Waals surface area contributed by atoms with Crippen LogP contribution in [0, 0.1) is 20.8 Å². The van der Waals surface area contributed by atoms with Crippen molar-refractivity contribution in [3.05, 3.63) is 58.4 Å². The summed E-state index contributed by atoms with van der Waals surface area (Å²) in [6.45, 7) is 8.59. The lowest BCUT2D eigenvalue weighted by Gasteiger charge is -2.22. The summed E-state index contributed by atoms with van der Waals surface area (Å²) in [6.07, 6.45) is 2.11. The first-order chi connectivity index (χ1) is 12.9. The van der Waals surface area contributed by atoms with Gasteiger partial charge in [0.25, 0.3) is 5.91 Å². The molecule has 2 amide bonds. The van der Waals surface area contributed by atoms with Crippen LogP contribution in [0.5, 0.6) is 0 Å². The molecule has 144 valence electrons. The standard InChI is InChI=1S/C22H29N3O2/c1-16-6-4-7-19(14-16)8-9-21(26)24-10-5-11-25(13-12-24)22(27)20-15-17(2)23-18(20)3/h4,6-7,14-15,23H,5,8-13H2,1-3H3. The molecule has 0 aliphatic carbocycles. The molecule has 27 heavy (non-hydrogen) atoms. The zero-order chi connectivity index (χ0) is 19.4. The van der Waals surface area contributed by atoms with Crippen molar-refractivity contribution in [3.8, 4) is 0 Å². The van der Waals surface area contributed by atoms with Gasteiger partial charge in [0.2, 0.25) is 5.91 Å². The lowest BCUT2D eigenvalue weighted by atomic mass is 10.1. The average Bonchev–Trinajstić information content (AvgIpc) is 2.84. The third-order valence-corrected chi connectivity index (χ3v) is 5.23. The summed E-state index contributed by atoms with van der Waals surface area (Å²) in [5.74, 6) is 0.241. The van der Waals surface area contributed by atoms with Gasteiger partial charge in [-0.1, -0.05) is 29.8 Å². The van der Waals surface area contributed by atoms with Gasteiger partial charge in [0, 0.05) is 44.0 Å². The number of hydrogen-bond donors (Lipinski definition) is 1. The number of carbonyl (C=O) groups is 2. The molecule has 0 saturated carbocycles. The molecular weight excluding hydrogens is 338 g/mol. The van der Waals surface area contributed by atoms with Crippen LogP contribution in [-0.4, -0.2) is 52.8 Å². The Labute approximate surface area is 161 Å². The van der Waals surface area contributed by atoms with Gasteiger partial charge in [0.05, 0.1) is 5.56 Å². The third kappa shape index (κ3) is 4.79. The van der Waals surface area contributed by atoms with Crippen molar-refractivity contribution < 1.29 is 9.59 Å². The highest BCUT2D eigenvalue weighted by atomic mass is 16.2. The Balaban J connectivity index is 1.55. The van der Waals surface area contributed by atoms with E-state index in [1.54, 1.807) is 0 Å². The van der Waals surface area contributed by atoms with Crippen LogP contribution in [0.15, 0.2) is 30.3 Å². The molecule has 0 spiro atoms. The number of amides is 2. The molecule has 2 aromatic rings. The Hall–Kier alpha value is -2.56. The van der Waals surface area contributed by atoms with E-state index in [1.807, 2.05) is 35.8 Å². The number of aryl methyl sites for hydroxylation is 4. The molecule has 1 aromatic heterocycles. The maximum Gasteiger partial charge on any atom is 0.255 e. The van der Waals surface area contributed by atoms with Crippen molar-refractivity contribution in [1.82, 2.24) is 14.8 Å². The summed E-state index contributed by atoms with van der Waals surface area (Å²) in [5.41, 5.74) is 5.07. The van der Waals surface area contributed by atoms with Crippen molar-refractivity contribution in [3.63, 3.8) is 0 Å². The Kier molecular flexibility index (Phi) is 5.99. The molecule has 1 aliphatic heterocycles. The van der Waals surface area contributed by atoms with Crippen LogP contribution < -0.4 is 0 Å². The van der Waals surface area contributed by atoms with E-state index in [0.29, 0.717) is 26.1 Å². The van der Waals surface area contributed by atoms with Gasteiger partial charge in [-0.25, -0.2) is 0 Å². The molecule has 5 nitrogen and oxygen atoms in total. The highest BCUT2D eigenvalue weighted by Crippen LogP contribution is 2.15.